The number of nitrogen functional groups attached to an aromatic ring is 1. The summed E-state index contributed by atoms with van der Waals surface area (Å²) in [6, 6.07) is 0.0569. The van der Waals surface area contributed by atoms with Gasteiger partial charge in [-0.2, -0.15) is 4.98 Å². The van der Waals surface area contributed by atoms with Crippen molar-refractivity contribution >= 4 is 17.1 Å². The zero-order valence-corrected chi connectivity index (χ0v) is 10.2. The van der Waals surface area contributed by atoms with E-state index >= 15 is 0 Å². The monoisotopic (exact) mass is 265 g/mol. The van der Waals surface area contributed by atoms with Crippen molar-refractivity contribution in [2.24, 2.45) is 0 Å². The lowest BCUT2D eigenvalue weighted by Crippen LogP contribution is -2.30. The molecule has 1 aliphatic heterocycles. The Bertz CT molecular complexity index is 641. The summed E-state index contributed by atoms with van der Waals surface area (Å²) in [4.78, 5) is 22.3. The number of nitrogens with two attached hydrogens (primary N) is 1. The average Bonchev–Trinajstić information content (AvgIpc) is 2.83. The summed E-state index contributed by atoms with van der Waals surface area (Å²) in [5.41, 5.74) is 5.96. The summed E-state index contributed by atoms with van der Waals surface area (Å²) in [5.74, 6) is 0.0733. The van der Waals surface area contributed by atoms with E-state index in [1.54, 1.807) is 6.33 Å². The first-order chi connectivity index (χ1) is 9.19. The molecule has 1 fully saturated rings. The van der Waals surface area contributed by atoms with Crippen molar-refractivity contribution in [2.45, 2.75) is 25.0 Å². The number of nitrogens with zero attached hydrogens (tertiary/aromatic N) is 3. The Labute approximate surface area is 108 Å². The van der Waals surface area contributed by atoms with E-state index in [0.717, 1.165) is 12.8 Å². The molecule has 1 saturated heterocycles. The summed E-state index contributed by atoms with van der Waals surface area (Å²) in [6.45, 7) is 0.493. The molecule has 2 atom stereocenters. The molecule has 0 amide bonds. The van der Waals surface area contributed by atoms with Crippen molar-refractivity contribution < 1.29 is 9.84 Å². The molecule has 3 heterocycles. The van der Waals surface area contributed by atoms with Gasteiger partial charge in [0.2, 0.25) is 5.95 Å². The van der Waals surface area contributed by atoms with Crippen molar-refractivity contribution in [1.29, 1.82) is 0 Å². The summed E-state index contributed by atoms with van der Waals surface area (Å²) >= 11 is 0. The van der Waals surface area contributed by atoms with Gasteiger partial charge in [-0.15, -0.1) is 0 Å². The Morgan fingerprint density at radius 2 is 2.42 bits per heavy atom. The van der Waals surface area contributed by atoms with Crippen LogP contribution in [0.5, 0.6) is 0 Å². The summed E-state index contributed by atoms with van der Waals surface area (Å²) < 4.78 is 7.34. The van der Waals surface area contributed by atoms with Crippen LogP contribution in [-0.4, -0.2) is 43.9 Å². The Hall–Kier alpha value is -1.93. The second kappa shape index (κ2) is 4.63. The highest BCUT2D eigenvalue weighted by Gasteiger charge is 2.24. The fourth-order valence-electron chi connectivity index (χ4n) is 2.37. The van der Waals surface area contributed by atoms with Crippen molar-refractivity contribution in [2.75, 3.05) is 18.9 Å². The molecule has 0 bridgehead atoms. The minimum atomic E-state index is -0.341. The standard InChI is InChI=1S/C11H15N5O3/c12-11-14-9-8(10(18)15-11)13-5-16(9)6-1-2-7(3-17)19-4-6/h5-7,17H,1-4H2,(H3,12,14,15,18). The summed E-state index contributed by atoms with van der Waals surface area (Å²) in [5, 5.41) is 9.03. The number of anilines is 1. The molecule has 2 aromatic heterocycles. The Morgan fingerprint density at radius 1 is 1.58 bits per heavy atom. The van der Waals surface area contributed by atoms with Crippen LogP contribution in [0.4, 0.5) is 5.95 Å². The number of hydrogen-bond acceptors (Lipinski definition) is 6. The van der Waals surface area contributed by atoms with Gasteiger partial charge in [0.25, 0.3) is 5.56 Å². The number of aliphatic hydroxyl groups excluding tert-OH is 1. The van der Waals surface area contributed by atoms with Crippen LogP contribution in [0.3, 0.4) is 0 Å². The maximum Gasteiger partial charge on any atom is 0.280 e. The van der Waals surface area contributed by atoms with Gasteiger partial charge in [-0.05, 0) is 12.8 Å². The van der Waals surface area contributed by atoms with Crippen molar-refractivity contribution in [1.82, 2.24) is 19.5 Å². The molecule has 0 spiro atoms. The molecule has 2 unspecified atom stereocenters. The van der Waals surface area contributed by atoms with Crippen molar-refractivity contribution in [3.05, 3.63) is 16.7 Å². The van der Waals surface area contributed by atoms with Gasteiger partial charge in [0.15, 0.2) is 11.2 Å². The lowest BCUT2D eigenvalue weighted by molar-refractivity contribution is -0.0383. The smallest absolute Gasteiger partial charge is 0.280 e. The first kappa shape index (κ1) is 12.1. The fraction of sp³-hybridized carbons (Fsp3) is 0.545. The van der Waals surface area contributed by atoms with Crippen LogP contribution in [0.2, 0.25) is 0 Å². The lowest BCUT2D eigenvalue weighted by atomic mass is 10.1. The van der Waals surface area contributed by atoms with E-state index in [1.165, 1.54) is 0 Å². The molecule has 19 heavy (non-hydrogen) atoms. The van der Waals surface area contributed by atoms with Gasteiger partial charge in [-0.3, -0.25) is 9.78 Å². The SMILES string of the molecule is Nc1nc2c(ncn2C2CCC(CO)OC2)c(=O)[nH]1. The minimum Gasteiger partial charge on any atom is -0.394 e. The van der Waals surface area contributed by atoms with E-state index < -0.39 is 0 Å². The molecule has 0 radical (unpaired) electrons. The molecule has 1 aliphatic rings. The topological polar surface area (TPSA) is 119 Å². The third-order valence-electron chi connectivity index (χ3n) is 3.39. The molecule has 4 N–H and O–H groups in total. The lowest BCUT2D eigenvalue weighted by Gasteiger charge is -2.28. The van der Waals surface area contributed by atoms with Gasteiger partial charge in [-0.1, -0.05) is 0 Å². The number of ether oxygens (including phenoxy) is 1. The molecule has 8 nitrogen and oxygen atoms in total. The van der Waals surface area contributed by atoms with E-state index in [4.69, 9.17) is 15.6 Å². The largest absolute Gasteiger partial charge is 0.394 e. The first-order valence-corrected chi connectivity index (χ1v) is 6.14. The maximum absolute atomic E-state index is 11.7. The molecule has 2 aromatic rings. The number of H-pyrrole nitrogens is 1. The fourth-order valence-corrected chi connectivity index (χ4v) is 2.37. The van der Waals surface area contributed by atoms with Gasteiger partial charge in [0.1, 0.15) is 0 Å². The highest BCUT2D eigenvalue weighted by atomic mass is 16.5. The number of rotatable bonds is 2. The van der Waals surface area contributed by atoms with E-state index in [-0.39, 0.29) is 35.8 Å². The molecule has 0 aromatic carbocycles. The highest BCUT2D eigenvalue weighted by Crippen LogP contribution is 2.25. The van der Waals surface area contributed by atoms with E-state index in [2.05, 4.69) is 15.0 Å². The quantitative estimate of drug-likeness (QED) is 0.668. The predicted octanol–water partition coefficient (Wildman–Crippen LogP) is -0.586. The van der Waals surface area contributed by atoms with Crippen LogP contribution >= 0.6 is 0 Å². The number of aromatic nitrogens is 4. The minimum absolute atomic E-state index is 0.0300. The highest BCUT2D eigenvalue weighted by molar-refractivity contribution is 5.70. The number of aromatic amines is 1. The maximum atomic E-state index is 11.7. The van der Waals surface area contributed by atoms with Gasteiger partial charge in [-0.25, -0.2) is 4.98 Å². The van der Waals surface area contributed by atoms with Gasteiger partial charge in [0, 0.05) is 0 Å². The van der Waals surface area contributed by atoms with Gasteiger partial charge in [0.05, 0.1) is 31.7 Å². The second-order valence-electron chi connectivity index (χ2n) is 4.64. The second-order valence-corrected chi connectivity index (χ2v) is 4.64. The Balaban J connectivity index is 1.96. The van der Waals surface area contributed by atoms with E-state index in [1.807, 2.05) is 4.57 Å². The molecule has 0 saturated carbocycles. The first-order valence-electron chi connectivity index (χ1n) is 6.14. The third kappa shape index (κ3) is 2.08. The molecule has 3 rings (SSSR count). The van der Waals surface area contributed by atoms with E-state index in [9.17, 15) is 4.79 Å². The number of nitrogens with one attached hydrogen (secondary N) is 1. The molecular weight excluding hydrogens is 250 g/mol. The Kier molecular flexibility index (Phi) is 2.96. The van der Waals surface area contributed by atoms with Crippen LogP contribution in [-0.2, 0) is 4.74 Å². The summed E-state index contributed by atoms with van der Waals surface area (Å²) in [7, 11) is 0. The van der Waals surface area contributed by atoms with Crippen molar-refractivity contribution in [3.8, 4) is 0 Å². The number of aliphatic hydroxyl groups is 1. The van der Waals surface area contributed by atoms with Crippen LogP contribution in [0.15, 0.2) is 11.1 Å². The van der Waals surface area contributed by atoms with Gasteiger partial charge < -0.3 is 20.1 Å². The molecule has 0 aliphatic carbocycles. The van der Waals surface area contributed by atoms with Crippen LogP contribution in [0, 0.1) is 0 Å². The zero-order valence-electron chi connectivity index (χ0n) is 10.2. The zero-order chi connectivity index (χ0) is 13.4. The van der Waals surface area contributed by atoms with E-state index in [0.29, 0.717) is 12.3 Å². The van der Waals surface area contributed by atoms with Crippen LogP contribution in [0.1, 0.15) is 18.9 Å². The molecular formula is C11H15N5O3. The molecule has 102 valence electrons. The van der Waals surface area contributed by atoms with Gasteiger partial charge >= 0.3 is 0 Å². The summed E-state index contributed by atoms with van der Waals surface area (Å²) in [6.07, 6.45) is 3.08. The normalized spacial score (nSPS) is 23.8. The number of hydrogen-bond donors (Lipinski definition) is 3. The number of imidazole rings is 1. The van der Waals surface area contributed by atoms with Crippen LogP contribution < -0.4 is 11.3 Å². The number of fused-ring (bicyclic) bond motifs is 1. The van der Waals surface area contributed by atoms with Crippen molar-refractivity contribution in [3.63, 3.8) is 0 Å². The Morgan fingerprint density at radius 3 is 3.11 bits per heavy atom. The predicted molar refractivity (Wildman–Crippen MR) is 67.7 cm³/mol. The van der Waals surface area contributed by atoms with Crippen LogP contribution in [0.25, 0.3) is 11.2 Å². The third-order valence-corrected chi connectivity index (χ3v) is 3.39. The molecule has 8 heteroatoms. The average molecular weight is 265 g/mol.